The van der Waals surface area contributed by atoms with Gasteiger partial charge in [-0.25, -0.2) is 12.7 Å². The van der Waals surface area contributed by atoms with Gasteiger partial charge in [0.25, 0.3) is 0 Å². The molecule has 1 fully saturated rings. The first kappa shape index (κ1) is 25.0. The molecule has 0 radical (unpaired) electrons. The molecule has 4 nitrogen and oxygen atoms in total. The van der Waals surface area contributed by atoms with Crippen LogP contribution >= 0.6 is 0 Å². The first-order valence-corrected chi connectivity index (χ1v) is 15.1. The number of rotatable bonds is 6. The fourth-order valence-corrected chi connectivity index (χ4v) is 7.24. The Bertz CT molecular complexity index is 1260. The lowest BCUT2D eigenvalue weighted by atomic mass is 9.69. The fourth-order valence-electron chi connectivity index (χ4n) is 6.36. The molecule has 1 saturated heterocycles. The second kappa shape index (κ2) is 10.4. The minimum atomic E-state index is -3.13. The van der Waals surface area contributed by atoms with Gasteiger partial charge in [-0.3, -0.25) is 0 Å². The summed E-state index contributed by atoms with van der Waals surface area (Å²) in [6, 6.07) is 8.98. The number of piperidine rings is 1. The van der Waals surface area contributed by atoms with Gasteiger partial charge in [0.15, 0.2) is 0 Å². The van der Waals surface area contributed by atoms with E-state index in [1.165, 1.54) is 28.5 Å². The lowest BCUT2D eigenvalue weighted by Gasteiger charge is -2.39. The van der Waals surface area contributed by atoms with E-state index in [2.05, 4.69) is 85.4 Å². The zero-order valence-electron chi connectivity index (χ0n) is 21.6. The highest BCUT2D eigenvalue weighted by atomic mass is 32.2. The van der Waals surface area contributed by atoms with Crippen LogP contribution < -0.4 is 0 Å². The van der Waals surface area contributed by atoms with Gasteiger partial charge < -0.3 is 4.90 Å². The Morgan fingerprint density at radius 3 is 2.50 bits per heavy atom. The Morgan fingerprint density at radius 1 is 1.06 bits per heavy atom. The molecule has 2 aliphatic heterocycles. The second-order valence-electron chi connectivity index (χ2n) is 10.7. The predicted molar refractivity (Wildman–Crippen MR) is 150 cm³/mol. The van der Waals surface area contributed by atoms with Gasteiger partial charge in [0.05, 0.1) is 6.26 Å². The number of hydrogen-bond acceptors (Lipinski definition) is 3. The molecule has 4 aliphatic rings. The molecule has 1 aromatic carbocycles. The number of nitrogens with zero attached hydrogens (tertiary/aromatic N) is 2. The van der Waals surface area contributed by atoms with Gasteiger partial charge in [0, 0.05) is 38.0 Å². The van der Waals surface area contributed by atoms with Gasteiger partial charge in [-0.1, -0.05) is 61.6 Å². The summed E-state index contributed by atoms with van der Waals surface area (Å²) in [7, 11) is -3.13. The second-order valence-corrected chi connectivity index (χ2v) is 12.7. The first-order chi connectivity index (χ1) is 17.3. The van der Waals surface area contributed by atoms with Gasteiger partial charge in [-0.2, -0.15) is 0 Å². The maximum atomic E-state index is 12.2. The molecule has 5 rings (SSSR count). The van der Waals surface area contributed by atoms with Crippen LogP contribution in [0.3, 0.4) is 0 Å². The summed E-state index contributed by atoms with van der Waals surface area (Å²) in [5, 5.41) is 0. The quantitative estimate of drug-likeness (QED) is 0.451. The van der Waals surface area contributed by atoms with Crippen LogP contribution in [0.4, 0.5) is 0 Å². The zero-order valence-corrected chi connectivity index (χ0v) is 22.4. The van der Waals surface area contributed by atoms with Gasteiger partial charge in [0.1, 0.15) is 0 Å². The molecule has 36 heavy (non-hydrogen) atoms. The maximum Gasteiger partial charge on any atom is 0.211 e. The molecule has 2 atom stereocenters. The monoisotopic (exact) mass is 502 g/mol. The highest BCUT2D eigenvalue weighted by Crippen LogP contribution is 2.49. The molecule has 0 bridgehead atoms. The van der Waals surface area contributed by atoms with Gasteiger partial charge >= 0.3 is 0 Å². The number of allylic oxidation sites excluding steroid dienone is 9. The van der Waals surface area contributed by atoms with E-state index in [9.17, 15) is 8.42 Å². The molecule has 2 unspecified atom stereocenters. The van der Waals surface area contributed by atoms with Crippen LogP contribution in [0.25, 0.3) is 5.57 Å². The van der Waals surface area contributed by atoms with E-state index in [-0.39, 0.29) is 0 Å². The Kier molecular flexibility index (Phi) is 7.23. The van der Waals surface area contributed by atoms with Gasteiger partial charge in [0.2, 0.25) is 10.0 Å². The summed E-state index contributed by atoms with van der Waals surface area (Å²) < 4.78 is 26.0. The van der Waals surface area contributed by atoms with E-state index in [1.807, 2.05) is 0 Å². The molecule has 0 spiro atoms. The Hall–Kier alpha value is -2.63. The van der Waals surface area contributed by atoms with E-state index >= 15 is 0 Å². The molecule has 0 amide bonds. The van der Waals surface area contributed by atoms with E-state index < -0.39 is 10.0 Å². The Morgan fingerprint density at radius 2 is 1.78 bits per heavy atom. The van der Waals surface area contributed by atoms with Crippen LogP contribution in [-0.4, -0.2) is 43.5 Å². The van der Waals surface area contributed by atoms with Crippen LogP contribution in [0.2, 0.25) is 0 Å². The number of benzene rings is 1. The molecule has 5 heteroatoms. The van der Waals surface area contributed by atoms with E-state index in [4.69, 9.17) is 0 Å². The van der Waals surface area contributed by atoms with E-state index in [0.717, 1.165) is 44.2 Å². The first-order valence-electron chi connectivity index (χ1n) is 13.3. The van der Waals surface area contributed by atoms with Crippen molar-refractivity contribution in [2.45, 2.75) is 44.9 Å². The standard InChI is InChI=1S/C31H38N2O2S/c1-23-13-18-32(19-14-23)17-7-10-26-22-27-9-6-8-24(2)30(27)31(29-12-5-4-11-28(26)29)25-15-20-33(21-16-25)36(3,34)35/h4-6,9,11-14,18-19,22,24-25,31H,1,7-8,10,15-17,20-21H2,2-3H3. The molecular formula is C31H38N2O2S. The van der Waals surface area contributed by atoms with Crippen molar-refractivity contribution < 1.29 is 8.42 Å². The largest absolute Gasteiger partial charge is 0.354 e. The third kappa shape index (κ3) is 5.23. The summed E-state index contributed by atoms with van der Waals surface area (Å²) in [6.07, 6.45) is 21.8. The molecule has 2 aliphatic carbocycles. The average molecular weight is 503 g/mol. The Balaban J connectivity index is 1.45. The fraction of sp³-hybridized carbons (Fsp3) is 0.419. The summed E-state index contributed by atoms with van der Waals surface area (Å²) in [5.74, 6) is 1.28. The highest BCUT2D eigenvalue weighted by molar-refractivity contribution is 7.88. The highest BCUT2D eigenvalue weighted by Gasteiger charge is 2.37. The molecular weight excluding hydrogens is 464 g/mol. The van der Waals surface area contributed by atoms with Gasteiger partial charge in [-0.15, -0.1) is 0 Å². The summed E-state index contributed by atoms with van der Waals surface area (Å²) in [5.41, 5.74) is 8.20. The zero-order chi connectivity index (χ0) is 25.3. The van der Waals surface area contributed by atoms with Crippen LogP contribution in [0, 0.1) is 11.8 Å². The van der Waals surface area contributed by atoms with Crippen molar-refractivity contribution in [1.29, 1.82) is 0 Å². The molecule has 2 heterocycles. The Labute approximate surface area is 217 Å². The van der Waals surface area contributed by atoms with Crippen molar-refractivity contribution in [2.75, 3.05) is 25.9 Å². The van der Waals surface area contributed by atoms with Crippen molar-refractivity contribution >= 4 is 15.6 Å². The molecule has 0 saturated carbocycles. The summed E-state index contributed by atoms with van der Waals surface area (Å²) in [6.45, 7) is 8.58. The normalized spacial score (nSPS) is 25.0. The van der Waals surface area contributed by atoms with Crippen LogP contribution in [0.15, 0.2) is 90.3 Å². The SMILES string of the molecule is C=C1C=CN(CCCC2=CC3=C(C(C)CC=C3)C(C3CCN(S(C)(=O)=O)CC3)c3ccccc32)C=C1. The smallest absolute Gasteiger partial charge is 0.211 e. The minimum Gasteiger partial charge on any atom is -0.354 e. The minimum absolute atomic E-state index is 0.339. The predicted octanol–water partition coefficient (Wildman–Crippen LogP) is 6.41. The third-order valence-electron chi connectivity index (χ3n) is 8.22. The van der Waals surface area contributed by atoms with E-state index in [0.29, 0.717) is 30.8 Å². The molecule has 0 aromatic heterocycles. The molecule has 1 aromatic rings. The van der Waals surface area contributed by atoms with Crippen LogP contribution in [-0.2, 0) is 10.0 Å². The maximum absolute atomic E-state index is 12.2. The summed E-state index contributed by atoms with van der Waals surface area (Å²) in [4.78, 5) is 2.24. The van der Waals surface area contributed by atoms with Gasteiger partial charge in [-0.05, 0) is 83.9 Å². The average Bonchev–Trinajstić information content (AvgIpc) is 3.00. The lowest BCUT2D eigenvalue weighted by Crippen LogP contribution is -2.39. The topological polar surface area (TPSA) is 40.6 Å². The third-order valence-corrected chi connectivity index (χ3v) is 9.52. The van der Waals surface area contributed by atoms with Crippen molar-refractivity contribution in [2.24, 2.45) is 11.8 Å². The lowest BCUT2D eigenvalue weighted by molar-refractivity contribution is 0.251. The molecule has 190 valence electrons. The van der Waals surface area contributed by atoms with E-state index in [1.54, 1.807) is 9.88 Å². The summed E-state index contributed by atoms with van der Waals surface area (Å²) >= 11 is 0. The van der Waals surface area contributed by atoms with Crippen molar-refractivity contribution in [3.8, 4) is 0 Å². The van der Waals surface area contributed by atoms with Crippen LogP contribution in [0.5, 0.6) is 0 Å². The number of fused-ring (bicyclic) bond motifs is 1. The van der Waals surface area contributed by atoms with Crippen molar-refractivity contribution in [3.63, 3.8) is 0 Å². The number of sulfonamides is 1. The van der Waals surface area contributed by atoms with Crippen molar-refractivity contribution in [3.05, 3.63) is 101 Å². The molecule has 0 N–H and O–H groups in total. The van der Waals surface area contributed by atoms with Crippen molar-refractivity contribution in [1.82, 2.24) is 9.21 Å². The number of hydrogen-bond donors (Lipinski definition) is 0. The van der Waals surface area contributed by atoms with Crippen LogP contribution in [0.1, 0.15) is 56.1 Å².